The number of alkyl halides is 3. The van der Waals surface area contributed by atoms with E-state index in [1.54, 1.807) is 30.3 Å². The molecule has 0 aliphatic rings. The van der Waals surface area contributed by atoms with E-state index in [0.29, 0.717) is 11.1 Å². The van der Waals surface area contributed by atoms with E-state index in [4.69, 9.17) is 5.73 Å². The number of halogens is 3. The summed E-state index contributed by atoms with van der Waals surface area (Å²) in [6, 6.07) is 14.8. The third-order valence-corrected chi connectivity index (χ3v) is 2.69. The second-order valence-corrected chi connectivity index (χ2v) is 4.22. The highest BCUT2D eigenvalue weighted by molar-refractivity contribution is 5.97. The van der Waals surface area contributed by atoms with E-state index in [1.807, 2.05) is 6.07 Å². The van der Waals surface area contributed by atoms with Crippen LogP contribution < -0.4 is 10.5 Å². The Balaban J connectivity index is 2.17. The molecule has 110 valence electrons. The van der Waals surface area contributed by atoms with E-state index in [0.717, 1.165) is 0 Å². The normalized spacial score (nSPS) is 12.2. The summed E-state index contributed by atoms with van der Waals surface area (Å²) in [5, 5.41) is 0. The Labute approximate surface area is 119 Å². The minimum Gasteiger partial charge on any atom is -0.405 e. The summed E-state index contributed by atoms with van der Waals surface area (Å²) in [6.07, 6.45) is -4.73. The maximum atomic E-state index is 12.3. The molecule has 2 aromatic rings. The Kier molecular flexibility index (Phi) is 4.47. The lowest BCUT2D eigenvalue weighted by Crippen LogP contribution is -2.18. The molecule has 0 bridgehead atoms. The lowest BCUT2D eigenvalue weighted by molar-refractivity contribution is -0.274. The molecular formula is C15H13F3N2O. The number of hydrogen-bond acceptors (Lipinski definition) is 2. The van der Waals surface area contributed by atoms with Crippen molar-refractivity contribution in [3.8, 4) is 5.75 Å². The van der Waals surface area contributed by atoms with Gasteiger partial charge in [-0.2, -0.15) is 0 Å². The molecule has 0 spiro atoms. The van der Waals surface area contributed by atoms with E-state index < -0.39 is 6.36 Å². The third kappa shape index (κ3) is 4.52. The molecule has 21 heavy (non-hydrogen) atoms. The highest BCUT2D eigenvalue weighted by Gasteiger charge is 2.31. The van der Waals surface area contributed by atoms with Crippen molar-refractivity contribution in [3.63, 3.8) is 0 Å². The van der Waals surface area contributed by atoms with Crippen LogP contribution in [-0.2, 0) is 6.54 Å². The van der Waals surface area contributed by atoms with Gasteiger partial charge in [-0.3, -0.25) is 4.99 Å². The van der Waals surface area contributed by atoms with Crippen LogP contribution in [0.5, 0.6) is 5.75 Å². The number of nitrogens with zero attached hydrogens (tertiary/aromatic N) is 1. The lowest BCUT2D eigenvalue weighted by Gasteiger charge is -2.12. The number of nitrogens with two attached hydrogens (primary N) is 1. The molecule has 0 atom stereocenters. The first-order valence-corrected chi connectivity index (χ1v) is 6.15. The van der Waals surface area contributed by atoms with Gasteiger partial charge in [-0.1, -0.05) is 48.5 Å². The molecular weight excluding hydrogens is 281 g/mol. The molecule has 0 fully saturated rings. The van der Waals surface area contributed by atoms with Crippen molar-refractivity contribution < 1.29 is 17.9 Å². The number of hydrogen-bond donors (Lipinski definition) is 1. The fourth-order valence-corrected chi connectivity index (χ4v) is 1.73. The summed E-state index contributed by atoms with van der Waals surface area (Å²) in [7, 11) is 0. The minimum atomic E-state index is -4.73. The van der Waals surface area contributed by atoms with Crippen LogP contribution in [0.1, 0.15) is 11.1 Å². The van der Waals surface area contributed by atoms with Gasteiger partial charge in [-0.25, -0.2) is 0 Å². The van der Waals surface area contributed by atoms with Gasteiger partial charge in [-0.05, 0) is 6.07 Å². The molecule has 0 heterocycles. The molecule has 0 aliphatic carbocycles. The largest absolute Gasteiger partial charge is 0.573 e. The highest BCUT2D eigenvalue weighted by Crippen LogP contribution is 2.26. The summed E-state index contributed by atoms with van der Waals surface area (Å²) >= 11 is 0. The van der Waals surface area contributed by atoms with Crippen molar-refractivity contribution in [3.05, 3.63) is 65.7 Å². The zero-order valence-electron chi connectivity index (χ0n) is 11.0. The van der Waals surface area contributed by atoms with Crippen molar-refractivity contribution in [1.29, 1.82) is 0 Å². The SMILES string of the molecule is NC(=NCc1ccccc1OC(F)(F)F)c1ccccc1. The molecule has 3 nitrogen and oxygen atoms in total. The molecule has 6 heteroatoms. The molecule has 0 saturated heterocycles. The molecule has 2 N–H and O–H groups in total. The summed E-state index contributed by atoms with van der Waals surface area (Å²) in [4.78, 5) is 4.10. The molecule has 2 rings (SSSR count). The Bertz CT molecular complexity index is 624. The average Bonchev–Trinajstić information content (AvgIpc) is 2.45. The summed E-state index contributed by atoms with van der Waals surface area (Å²) < 4.78 is 40.9. The van der Waals surface area contributed by atoms with Gasteiger partial charge in [0.05, 0.1) is 6.54 Å². The second kappa shape index (κ2) is 6.30. The molecule has 0 aliphatic heterocycles. The van der Waals surface area contributed by atoms with Crippen LogP contribution in [0.4, 0.5) is 13.2 Å². The quantitative estimate of drug-likeness (QED) is 0.693. The van der Waals surface area contributed by atoms with E-state index in [9.17, 15) is 13.2 Å². The number of aliphatic imine (C=N–C) groups is 1. The van der Waals surface area contributed by atoms with E-state index in [1.165, 1.54) is 18.2 Å². The first-order valence-electron chi connectivity index (χ1n) is 6.15. The number of ether oxygens (including phenoxy) is 1. The zero-order chi connectivity index (χ0) is 15.3. The summed E-state index contributed by atoms with van der Waals surface area (Å²) in [5.74, 6) is -0.00739. The second-order valence-electron chi connectivity index (χ2n) is 4.22. The topological polar surface area (TPSA) is 47.6 Å². The minimum absolute atomic E-state index is 0.00693. The van der Waals surface area contributed by atoms with Crippen LogP contribution in [0.25, 0.3) is 0 Å². The number of rotatable bonds is 4. The van der Waals surface area contributed by atoms with E-state index >= 15 is 0 Å². The maximum Gasteiger partial charge on any atom is 0.573 e. The fraction of sp³-hybridized carbons (Fsp3) is 0.133. The van der Waals surface area contributed by atoms with Crippen LogP contribution in [-0.4, -0.2) is 12.2 Å². The summed E-state index contributed by atoms with van der Waals surface area (Å²) in [5.41, 5.74) is 6.84. The number of benzene rings is 2. The molecule has 0 radical (unpaired) electrons. The van der Waals surface area contributed by atoms with Gasteiger partial charge in [0.1, 0.15) is 11.6 Å². The molecule has 0 unspecified atom stereocenters. The Morgan fingerprint density at radius 2 is 1.62 bits per heavy atom. The van der Waals surface area contributed by atoms with Crippen molar-refractivity contribution in [2.24, 2.45) is 10.7 Å². The Morgan fingerprint density at radius 3 is 2.29 bits per heavy atom. The van der Waals surface area contributed by atoms with Gasteiger partial charge < -0.3 is 10.5 Å². The van der Waals surface area contributed by atoms with Gasteiger partial charge in [0.15, 0.2) is 0 Å². The van der Waals surface area contributed by atoms with Crippen LogP contribution in [0.15, 0.2) is 59.6 Å². The third-order valence-electron chi connectivity index (χ3n) is 2.69. The van der Waals surface area contributed by atoms with Gasteiger partial charge >= 0.3 is 6.36 Å². The highest BCUT2D eigenvalue weighted by atomic mass is 19.4. The van der Waals surface area contributed by atoms with Gasteiger partial charge in [-0.15, -0.1) is 13.2 Å². The average molecular weight is 294 g/mol. The zero-order valence-corrected chi connectivity index (χ0v) is 11.0. The first kappa shape index (κ1) is 14.9. The molecule has 0 saturated carbocycles. The predicted molar refractivity (Wildman–Crippen MR) is 74.0 cm³/mol. The maximum absolute atomic E-state index is 12.3. The van der Waals surface area contributed by atoms with Crippen molar-refractivity contribution >= 4 is 5.84 Å². The smallest absolute Gasteiger partial charge is 0.405 e. The van der Waals surface area contributed by atoms with Crippen molar-refractivity contribution in [2.75, 3.05) is 0 Å². The van der Waals surface area contributed by atoms with Crippen LogP contribution in [0.2, 0.25) is 0 Å². The van der Waals surface area contributed by atoms with Gasteiger partial charge in [0.2, 0.25) is 0 Å². The van der Waals surface area contributed by atoms with Crippen LogP contribution in [0.3, 0.4) is 0 Å². The number of amidine groups is 1. The summed E-state index contributed by atoms with van der Waals surface area (Å²) in [6.45, 7) is 0.00693. The lowest BCUT2D eigenvalue weighted by atomic mass is 10.2. The van der Waals surface area contributed by atoms with Crippen LogP contribution in [0, 0.1) is 0 Å². The van der Waals surface area contributed by atoms with Gasteiger partial charge in [0.25, 0.3) is 0 Å². The number of para-hydroxylation sites is 1. The Hall–Kier alpha value is -2.50. The first-order chi connectivity index (χ1) is 9.96. The Morgan fingerprint density at radius 1 is 1.00 bits per heavy atom. The fourth-order valence-electron chi connectivity index (χ4n) is 1.73. The van der Waals surface area contributed by atoms with E-state index in [2.05, 4.69) is 9.73 Å². The van der Waals surface area contributed by atoms with Crippen molar-refractivity contribution in [1.82, 2.24) is 0 Å². The van der Waals surface area contributed by atoms with Gasteiger partial charge in [0, 0.05) is 11.1 Å². The predicted octanol–water partition coefficient (Wildman–Crippen LogP) is 3.49. The van der Waals surface area contributed by atoms with Crippen LogP contribution >= 0.6 is 0 Å². The monoisotopic (exact) mass is 294 g/mol. The molecule has 2 aromatic carbocycles. The molecule has 0 aromatic heterocycles. The van der Waals surface area contributed by atoms with Crippen molar-refractivity contribution in [2.45, 2.75) is 12.9 Å². The van der Waals surface area contributed by atoms with E-state index in [-0.39, 0.29) is 18.1 Å². The standard InChI is InChI=1S/C15H13F3N2O/c16-15(17,18)21-13-9-5-4-8-12(13)10-20-14(19)11-6-2-1-3-7-11/h1-9H,10H2,(H2,19,20). The molecule has 0 amide bonds.